The molecule has 0 amide bonds. The summed E-state index contributed by atoms with van der Waals surface area (Å²) in [5, 5.41) is 6.30. The van der Waals surface area contributed by atoms with Crippen LogP contribution in [-0.4, -0.2) is 56.5 Å². The highest BCUT2D eigenvalue weighted by atomic mass is 35.5. The lowest BCUT2D eigenvalue weighted by Crippen LogP contribution is -2.42. The molecule has 5 heterocycles. The standard InChI is InChI=1S/C37H46ClN7O2S/c1-24(2)32-31(38)35(42(7)41-32)43-19-15-29-28(22-43)34(44-18-10-16-36(4,5)23-44)40-33(39-29)27-12-8-13-30-26(27)14-20-45(30)48(46,47)37(6)17-9-11-25(3)21-37/h8-9,11-14,17,20,24H,10,15-16,18-19,21-23H2,1-7H3. The molecule has 3 aliphatic rings. The smallest absolute Gasteiger partial charge is 0.248 e. The van der Waals surface area contributed by atoms with Crippen molar-refractivity contribution < 1.29 is 8.42 Å². The highest BCUT2D eigenvalue weighted by molar-refractivity contribution is 7.91. The number of halogens is 1. The molecule has 2 aliphatic heterocycles. The number of fused-ring (bicyclic) bond motifs is 2. The van der Waals surface area contributed by atoms with Crippen LogP contribution in [0.3, 0.4) is 0 Å². The second-order valence-corrected chi connectivity index (χ2v) is 17.8. The number of aromatic nitrogens is 5. The third-order valence-electron chi connectivity index (χ3n) is 10.3. The topological polar surface area (TPSA) is 89.2 Å². The predicted molar refractivity (Wildman–Crippen MR) is 195 cm³/mol. The molecule has 48 heavy (non-hydrogen) atoms. The number of piperidine rings is 1. The molecule has 7 rings (SSSR count). The maximum Gasteiger partial charge on any atom is 0.248 e. The van der Waals surface area contributed by atoms with E-state index < -0.39 is 14.8 Å². The van der Waals surface area contributed by atoms with Crippen molar-refractivity contribution in [1.29, 1.82) is 0 Å². The first kappa shape index (κ1) is 32.9. The van der Waals surface area contributed by atoms with Crippen LogP contribution in [0.5, 0.6) is 0 Å². The van der Waals surface area contributed by atoms with Crippen molar-refractivity contribution in [3.8, 4) is 11.4 Å². The lowest BCUT2D eigenvalue weighted by molar-refractivity contribution is 0.291. The summed E-state index contributed by atoms with van der Waals surface area (Å²) in [6.45, 7) is 15.9. The van der Waals surface area contributed by atoms with Crippen molar-refractivity contribution in [2.24, 2.45) is 12.5 Å². The maximum atomic E-state index is 14.2. The van der Waals surface area contributed by atoms with E-state index in [2.05, 4.69) is 37.5 Å². The molecule has 1 fully saturated rings. The van der Waals surface area contributed by atoms with Gasteiger partial charge in [-0.2, -0.15) is 5.10 Å². The van der Waals surface area contributed by atoms with Crippen LogP contribution >= 0.6 is 11.6 Å². The molecule has 4 aromatic rings. The fourth-order valence-corrected chi connectivity index (χ4v) is 10.1. The quantitative estimate of drug-likeness (QED) is 0.206. The predicted octanol–water partition coefficient (Wildman–Crippen LogP) is 7.64. The number of allylic oxidation sites excluding steroid dienone is 3. The van der Waals surface area contributed by atoms with E-state index >= 15 is 0 Å². The Morgan fingerprint density at radius 2 is 1.83 bits per heavy atom. The Hall–Kier alpha value is -3.63. The zero-order valence-electron chi connectivity index (χ0n) is 29.1. The van der Waals surface area contributed by atoms with Gasteiger partial charge in [0.2, 0.25) is 10.0 Å². The third-order valence-corrected chi connectivity index (χ3v) is 13.0. The number of hydrogen-bond acceptors (Lipinski definition) is 7. The molecule has 0 spiro atoms. The number of rotatable bonds is 6. The SMILES string of the molecule is CC1=CC=CC(C)(S(=O)(=O)n2ccc3c(-c4nc5c(c(N6CCCC(C)(C)C6)n4)CN(c4c(Cl)c(C(C)C)nn4C)CC5)cccc32)C1. The Kier molecular flexibility index (Phi) is 8.06. The van der Waals surface area contributed by atoms with Gasteiger partial charge in [0.25, 0.3) is 0 Å². The Morgan fingerprint density at radius 3 is 2.54 bits per heavy atom. The van der Waals surface area contributed by atoms with Crippen molar-refractivity contribution in [3.05, 3.63) is 76.2 Å². The molecule has 11 heteroatoms. The number of benzene rings is 1. The molecule has 0 radical (unpaired) electrons. The van der Waals surface area contributed by atoms with E-state index in [0.717, 1.165) is 77.6 Å². The molecule has 1 aliphatic carbocycles. The fourth-order valence-electron chi connectivity index (χ4n) is 7.82. The zero-order valence-corrected chi connectivity index (χ0v) is 30.7. The molecule has 0 N–H and O–H groups in total. The Bertz CT molecular complexity index is 2090. The van der Waals surface area contributed by atoms with Crippen molar-refractivity contribution in [3.63, 3.8) is 0 Å². The maximum absolute atomic E-state index is 14.2. The van der Waals surface area contributed by atoms with Gasteiger partial charge in [0, 0.05) is 62.4 Å². The molecule has 1 unspecified atom stereocenters. The zero-order chi connectivity index (χ0) is 34.2. The Labute approximate surface area is 289 Å². The third kappa shape index (κ3) is 5.45. The highest BCUT2D eigenvalue weighted by Crippen LogP contribution is 2.41. The molecule has 254 valence electrons. The molecule has 9 nitrogen and oxygen atoms in total. The van der Waals surface area contributed by atoms with Crippen LogP contribution < -0.4 is 9.80 Å². The molecule has 1 atom stereocenters. The van der Waals surface area contributed by atoms with Crippen LogP contribution in [0.25, 0.3) is 22.3 Å². The van der Waals surface area contributed by atoms with Crippen LogP contribution in [0.1, 0.15) is 83.7 Å². The van der Waals surface area contributed by atoms with Gasteiger partial charge < -0.3 is 9.80 Å². The van der Waals surface area contributed by atoms with Crippen LogP contribution in [0.4, 0.5) is 11.6 Å². The van der Waals surface area contributed by atoms with Gasteiger partial charge in [-0.1, -0.05) is 75.2 Å². The molecule has 3 aromatic heterocycles. The van der Waals surface area contributed by atoms with Crippen molar-refractivity contribution >= 4 is 44.2 Å². The van der Waals surface area contributed by atoms with Gasteiger partial charge in [0.05, 0.1) is 16.9 Å². The highest BCUT2D eigenvalue weighted by Gasteiger charge is 2.40. The van der Waals surface area contributed by atoms with Gasteiger partial charge >= 0.3 is 0 Å². The summed E-state index contributed by atoms with van der Waals surface area (Å²) in [6.07, 6.45) is 10.8. The lowest BCUT2D eigenvalue weighted by atomic mass is 9.84. The van der Waals surface area contributed by atoms with Gasteiger partial charge in [-0.3, -0.25) is 4.68 Å². The van der Waals surface area contributed by atoms with Gasteiger partial charge in [0.15, 0.2) is 5.82 Å². The number of aryl methyl sites for hydroxylation is 1. The van der Waals surface area contributed by atoms with Crippen molar-refractivity contribution in [2.45, 2.75) is 84.4 Å². The fraction of sp³-hybridized carbons (Fsp3) is 0.486. The normalized spacial score (nSPS) is 21.2. The number of hydrogen-bond donors (Lipinski definition) is 0. The lowest BCUT2D eigenvalue weighted by Gasteiger charge is -2.41. The monoisotopic (exact) mass is 687 g/mol. The van der Waals surface area contributed by atoms with Gasteiger partial charge in [-0.15, -0.1) is 0 Å². The van der Waals surface area contributed by atoms with E-state index in [1.165, 1.54) is 10.4 Å². The summed E-state index contributed by atoms with van der Waals surface area (Å²) in [4.78, 5) is 15.3. The summed E-state index contributed by atoms with van der Waals surface area (Å²) in [5.74, 6) is 2.74. The number of nitrogens with zero attached hydrogens (tertiary/aromatic N) is 7. The van der Waals surface area contributed by atoms with E-state index in [0.29, 0.717) is 29.3 Å². The first-order valence-electron chi connectivity index (χ1n) is 17.0. The number of anilines is 2. The average molecular weight is 688 g/mol. The van der Waals surface area contributed by atoms with Crippen LogP contribution in [0.15, 0.2) is 54.3 Å². The second-order valence-electron chi connectivity index (χ2n) is 15.2. The van der Waals surface area contributed by atoms with E-state index in [-0.39, 0.29) is 11.3 Å². The Morgan fingerprint density at radius 1 is 1.04 bits per heavy atom. The largest absolute Gasteiger partial charge is 0.356 e. The minimum absolute atomic E-state index is 0.158. The van der Waals surface area contributed by atoms with Gasteiger partial charge in [-0.25, -0.2) is 22.4 Å². The molecule has 1 saturated heterocycles. The molecular formula is C37H46ClN7O2S. The van der Waals surface area contributed by atoms with Crippen LogP contribution in [0.2, 0.25) is 5.02 Å². The van der Waals surface area contributed by atoms with Crippen LogP contribution in [0, 0.1) is 5.41 Å². The van der Waals surface area contributed by atoms with E-state index in [9.17, 15) is 8.42 Å². The van der Waals surface area contributed by atoms with Crippen LogP contribution in [-0.2, 0) is 30.0 Å². The summed E-state index contributed by atoms with van der Waals surface area (Å²) >= 11 is 6.95. The molecule has 0 bridgehead atoms. The minimum atomic E-state index is -3.76. The second kappa shape index (κ2) is 11.8. The van der Waals surface area contributed by atoms with E-state index in [1.807, 2.05) is 55.1 Å². The van der Waals surface area contributed by atoms with E-state index in [1.54, 1.807) is 19.2 Å². The summed E-state index contributed by atoms with van der Waals surface area (Å²) in [5.41, 5.74) is 5.73. The van der Waals surface area contributed by atoms with Gasteiger partial charge in [0.1, 0.15) is 21.4 Å². The van der Waals surface area contributed by atoms with Gasteiger partial charge in [-0.05, 0) is 56.6 Å². The minimum Gasteiger partial charge on any atom is -0.356 e. The first-order valence-corrected chi connectivity index (χ1v) is 18.8. The summed E-state index contributed by atoms with van der Waals surface area (Å²) in [6, 6.07) is 7.70. The summed E-state index contributed by atoms with van der Waals surface area (Å²) < 4.78 is 30.6. The average Bonchev–Trinajstić information content (AvgIpc) is 3.60. The Balaban J connectivity index is 1.34. The molecule has 1 aromatic carbocycles. The summed E-state index contributed by atoms with van der Waals surface area (Å²) in [7, 11) is -1.79. The van der Waals surface area contributed by atoms with Crippen molar-refractivity contribution in [1.82, 2.24) is 23.7 Å². The molecule has 0 saturated carbocycles. The first-order chi connectivity index (χ1) is 22.7. The van der Waals surface area contributed by atoms with Crippen molar-refractivity contribution in [2.75, 3.05) is 29.4 Å². The van der Waals surface area contributed by atoms with E-state index in [4.69, 9.17) is 26.7 Å². The molecular weight excluding hydrogens is 642 g/mol.